The molecule has 2 saturated carbocycles. The van der Waals surface area contributed by atoms with Crippen molar-refractivity contribution in [2.24, 2.45) is 0 Å². The fourth-order valence-electron chi connectivity index (χ4n) is 3.23. The summed E-state index contributed by atoms with van der Waals surface area (Å²) in [4.78, 5) is 6.39. The average molecular weight is 298 g/mol. The molecular weight excluding hydrogens is 276 g/mol. The summed E-state index contributed by atoms with van der Waals surface area (Å²) in [6.07, 6.45) is 6.51. The van der Waals surface area contributed by atoms with Crippen LogP contribution in [0.4, 0.5) is 0 Å². The summed E-state index contributed by atoms with van der Waals surface area (Å²) in [7, 11) is 0. The van der Waals surface area contributed by atoms with Crippen molar-refractivity contribution in [1.29, 1.82) is 0 Å². The predicted molar refractivity (Wildman–Crippen MR) is 87.8 cm³/mol. The maximum absolute atomic E-state index is 4.96. The molecule has 1 aromatic heterocycles. The molecule has 2 aromatic rings. The van der Waals surface area contributed by atoms with Gasteiger partial charge in [-0.15, -0.1) is 11.3 Å². The van der Waals surface area contributed by atoms with E-state index in [1.807, 2.05) is 11.3 Å². The molecule has 0 unspecified atom stereocenters. The van der Waals surface area contributed by atoms with Crippen LogP contribution in [0.5, 0.6) is 0 Å². The molecule has 1 N–H and O–H groups in total. The van der Waals surface area contributed by atoms with Crippen molar-refractivity contribution in [3.8, 4) is 0 Å². The lowest BCUT2D eigenvalue weighted by molar-refractivity contribution is 0.300. The molecule has 4 rings (SSSR count). The lowest BCUT2D eigenvalue weighted by atomic mass is 9.65. The first-order valence-electron chi connectivity index (χ1n) is 8.04. The summed E-state index contributed by atoms with van der Waals surface area (Å²) in [6, 6.07) is 11.7. The number of thiazole rings is 1. The summed E-state index contributed by atoms with van der Waals surface area (Å²) in [6.45, 7) is 3.17. The summed E-state index contributed by atoms with van der Waals surface area (Å²) in [5, 5.41) is 4.96. The van der Waals surface area contributed by atoms with Gasteiger partial charge in [0.25, 0.3) is 0 Å². The Bertz CT molecular complexity index is 624. The first-order chi connectivity index (χ1) is 10.3. The molecule has 0 saturated heterocycles. The van der Waals surface area contributed by atoms with Gasteiger partial charge in [-0.2, -0.15) is 0 Å². The van der Waals surface area contributed by atoms with Crippen molar-refractivity contribution in [2.75, 3.05) is 0 Å². The Balaban J connectivity index is 1.63. The van der Waals surface area contributed by atoms with Crippen LogP contribution < -0.4 is 5.32 Å². The molecule has 0 bridgehead atoms. The quantitative estimate of drug-likeness (QED) is 0.896. The maximum atomic E-state index is 4.96. The third-order valence-electron chi connectivity index (χ3n) is 4.96. The van der Waals surface area contributed by atoms with Gasteiger partial charge in [-0.3, -0.25) is 0 Å². The summed E-state index contributed by atoms with van der Waals surface area (Å²) in [5.41, 5.74) is 2.88. The van der Waals surface area contributed by atoms with Crippen LogP contribution in [0.2, 0.25) is 0 Å². The van der Waals surface area contributed by atoms with Gasteiger partial charge in [0.1, 0.15) is 5.01 Å². The van der Waals surface area contributed by atoms with E-state index >= 15 is 0 Å². The zero-order chi connectivity index (χ0) is 14.3. The Labute approximate surface area is 130 Å². The molecule has 110 valence electrons. The number of hydrogen-bond acceptors (Lipinski definition) is 3. The number of nitrogens with one attached hydrogen (secondary N) is 1. The van der Waals surface area contributed by atoms with Crippen molar-refractivity contribution in [1.82, 2.24) is 10.3 Å². The predicted octanol–water partition coefficient (Wildman–Crippen LogP) is 4.17. The first-order valence-corrected chi connectivity index (χ1v) is 8.85. The molecule has 0 spiro atoms. The van der Waals surface area contributed by atoms with Gasteiger partial charge in [0.2, 0.25) is 0 Å². The summed E-state index contributed by atoms with van der Waals surface area (Å²) < 4.78 is 0. The topological polar surface area (TPSA) is 24.9 Å². The molecule has 2 nitrogen and oxygen atoms in total. The van der Waals surface area contributed by atoms with Crippen LogP contribution in [-0.4, -0.2) is 11.0 Å². The highest BCUT2D eigenvalue weighted by atomic mass is 32.1. The lowest BCUT2D eigenvalue weighted by Gasteiger charge is -2.40. The van der Waals surface area contributed by atoms with Crippen LogP contribution in [0.15, 0.2) is 30.3 Å². The summed E-state index contributed by atoms with van der Waals surface area (Å²) >= 11 is 1.93. The van der Waals surface area contributed by atoms with E-state index in [0.717, 1.165) is 12.6 Å². The van der Waals surface area contributed by atoms with Crippen molar-refractivity contribution in [3.05, 3.63) is 51.5 Å². The van der Waals surface area contributed by atoms with Crippen molar-refractivity contribution in [2.45, 2.75) is 57.0 Å². The SMILES string of the molecule is Cc1nc(C2(c3ccccc3)CCC2)sc1CNC1CC1. The first kappa shape index (κ1) is 13.5. The van der Waals surface area contributed by atoms with Gasteiger partial charge in [-0.25, -0.2) is 4.98 Å². The highest BCUT2D eigenvalue weighted by Gasteiger charge is 2.43. The molecule has 1 heterocycles. The highest BCUT2D eigenvalue weighted by Crippen LogP contribution is 2.50. The molecule has 0 amide bonds. The number of rotatable bonds is 5. The normalized spacial score (nSPS) is 20.2. The van der Waals surface area contributed by atoms with Gasteiger partial charge in [-0.05, 0) is 38.2 Å². The number of hydrogen-bond donors (Lipinski definition) is 1. The van der Waals surface area contributed by atoms with E-state index in [2.05, 4.69) is 42.6 Å². The zero-order valence-electron chi connectivity index (χ0n) is 12.6. The van der Waals surface area contributed by atoms with Crippen LogP contribution >= 0.6 is 11.3 Å². The molecule has 2 fully saturated rings. The van der Waals surface area contributed by atoms with Gasteiger partial charge >= 0.3 is 0 Å². The van der Waals surface area contributed by atoms with E-state index < -0.39 is 0 Å². The van der Waals surface area contributed by atoms with Crippen LogP contribution in [0, 0.1) is 6.92 Å². The number of aryl methyl sites for hydroxylation is 1. The average Bonchev–Trinajstić information content (AvgIpc) is 3.21. The fraction of sp³-hybridized carbons (Fsp3) is 0.500. The van der Waals surface area contributed by atoms with Crippen LogP contribution in [0.1, 0.15) is 53.2 Å². The van der Waals surface area contributed by atoms with Crippen molar-refractivity contribution in [3.63, 3.8) is 0 Å². The van der Waals surface area contributed by atoms with Crippen LogP contribution in [0.25, 0.3) is 0 Å². The van der Waals surface area contributed by atoms with Gasteiger partial charge in [0.05, 0.1) is 5.69 Å². The molecule has 0 radical (unpaired) electrons. The van der Waals surface area contributed by atoms with E-state index in [9.17, 15) is 0 Å². The van der Waals surface area contributed by atoms with Gasteiger partial charge in [0, 0.05) is 22.9 Å². The molecule has 2 aliphatic rings. The van der Waals surface area contributed by atoms with E-state index in [-0.39, 0.29) is 5.41 Å². The number of nitrogens with zero attached hydrogens (tertiary/aromatic N) is 1. The minimum atomic E-state index is 0.203. The van der Waals surface area contributed by atoms with E-state index in [1.165, 1.54) is 53.2 Å². The Morgan fingerprint density at radius 2 is 2.00 bits per heavy atom. The number of benzene rings is 1. The largest absolute Gasteiger partial charge is 0.309 e. The molecule has 1 aromatic carbocycles. The van der Waals surface area contributed by atoms with Crippen LogP contribution in [-0.2, 0) is 12.0 Å². The third-order valence-corrected chi connectivity index (χ3v) is 6.33. The van der Waals surface area contributed by atoms with Gasteiger partial charge in [-0.1, -0.05) is 36.8 Å². The second kappa shape index (κ2) is 5.22. The molecule has 0 aliphatic heterocycles. The van der Waals surface area contributed by atoms with Gasteiger partial charge < -0.3 is 5.32 Å². The monoisotopic (exact) mass is 298 g/mol. The minimum absolute atomic E-state index is 0.203. The fourth-order valence-corrected chi connectivity index (χ4v) is 4.52. The van der Waals surface area contributed by atoms with Crippen molar-refractivity contribution < 1.29 is 0 Å². The Morgan fingerprint density at radius 1 is 1.24 bits per heavy atom. The zero-order valence-corrected chi connectivity index (χ0v) is 13.4. The summed E-state index contributed by atoms with van der Waals surface area (Å²) in [5.74, 6) is 0. The van der Waals surface area contributed by atoms with Crippen LogP contribution in [0.3, 0.4) is 0 Å². The molecule has 3 heteroatoms. The highest BCUT2D eigenvalue weighted by molar-refractivity contribution is 7.12. The Morgan fingerprint density at radius 3 is 2.62 bits per heavy atom. The maximum Gasteiger partial charge on any atom is 0.104 e. The minimum Gasteiger partial charge on any atom is -0.309 e. The third kappa shape index (κ3) is 2.43. The van der Waals surface area contributed by atoms with E-state index in [1.54, 1.807) is 0 Å². The number of aromatic nitrogens is 1. The smallest absolute Gasteiger partial charge is 0.104 e. The second-order valence-corrected chi connectivity index (χ2v) is 7.57. The Hall–Kier alpha value is -1.19. The molecule has 2 aliphatic carbocycles. The van der Waals surface area contributed by atoms with Gasteiger partial charge in [0.15, 0.2) is 0 Å². The molecule has 0 atom stereocenters. The van der Waals surface area contributed by atoms with E-state index in [4.69, 9.17) is 4.98 Å². The Kier molecular flexibility index (Phi) is 3.35. The van der Waals surface area contributed by atoms with E-state index in [0.29, 0.717) is 0 Å². The van der Waals surface area contributed by atoms with Crippen molar-refractivity contribution >= 4 is 11.3 Å². The molecule has 21 heavy (non-hydrogen) atoms. The second-order valence-electron chi connectivity index (χ2n) is 6.48. The lowest BCUT2D eigenvalue weighted by Crippen LogP contribution is -2.35. The molecular formula is C18H22N2S. The standard InChI is InChI=1S/C18H22N2S/c1-13-16(12-19-15-8-9-15)21-17(20-13)18(10-5-11-18)14-6-3-2-4-7-14/h2-4,6-7,15,19H,5,8-12H2,1H3.